The number of benzene rings is 1. The lowest BCUT2D eigenvalue weighted by atomic mass is 10.1. The number of anilines is 1. The minimum Gasteiger partial charge on any atom is -0.326 e. The van der Waals surface area contributed by atoms with Crippen LogP contribution in [0.2, 0.25) is 0 Å². The summed E-state index contributed by atoms with van der Waals surface area (Å²) >= 11 is 0. The number of halogens is 3. The lowest BCUT2D eigenvalue weighted by Gasteiger charge is -2.26. The number of rotatable bonds is 7. The molecule has 1 aromatic carbocycles. The molecule has 1 amide bonds. The van der Waals surface area contributed by atoms with Crippen molar-refractivity contribution in [3.8, 4) is 0 Å². The fourth-order valence-electron chi connectivity index (χ4n) is 4.10. The summed E-state index contributed by atoms with van der Waals surface area (Å²) in [6.07, 6.45) is 1.05. The lowest BCUT2D eigenvalue weighted by Crippen LogP contribution is -2.29. The monoisotopic (exact) mass is 434 g/mol. The van der Waals surface area contributed by atoms with E-state index >= 15 is 0 Å². The number of carbonyl (C=O) groups excluding carboxylic acids is 1. The van der Waals surface area contributed by atoms with Crippen LogP contribution in [0.15, 0.2) is 30.3 Å². The van der Waals surface area contributed by atoms with Gasteiger partial charge in [0, 0.05) is 23.8 Å². The molecule has 0 radical (unpaired) electrons. The highest BCUT2D eigenvalue weighted by Gasteiger charge is 2.38. The summed E-state index contributed by atoms with van der Waals surface area (Å²) in [7, 11) is 0. The SMILES string of the molecule is CC(Cn1nc(C(F)(F)F)cc1C1CC1)C(=O)Nc1ccc(CN2CCCCC2)cc1. The van der Waals surface area contributed by atoms with Gasteiger partial charge in [0.05, 0.1) is 12.5 Å². The van der Waals surface area contributed by atoms with Crippen LogP contribution in [0.1, 0.15) is 61.9 Å². The number of amides is 1. The van der Waals surface area contributed by atoms with E-state index in [1.807, 2.05) is 24.3 Å². The predicted molar refractivity (Wildman–Crippen MR) is 113 cm³/mol. The lowest BCUT2D eigenvalue weighted by molar-refractivity contribution is -0.141. The van der Waals surface area contributed by atoms with E-state index in [2.05, 4.69) is 15.3 Å². The summed E-state index contributed by atoms with van der Waals surface area (Å²) < 4.78 is 40.6. The largest absolute Gasteiger partial charge is 0.435 e. The van der Waals surface area contributed by atoms with E-state index < -0.39 is 17.8 Å². The van der Waals surface area contributed by atoms with Gasteiger partial charge in [0.2, 0.25) is 5.91 Å². The zero-order valence-corrected chi connectivity index (χ0v) is 17.8. The fraction of sp³-hybridized carbons (Fsp3) is 0.565. The average Bonchev–Trinajstić information content (AvgIpc) is 3.49. The molecule has 1 unspecified atom stereocenters. The van der Waals surface area contributed by atoms with E-state index in [0.717, 1.165) is 38.5 Å². The molecule has 2 aliphatic rings. The van der Waals surface area contributed by atoms with E-state index in [-0.39, 0.29) is 18.4 Å². The minimum absolute atomic E-state index is 0.117. The van der Waals surface area contributed by atoms with E-state index in [9.17, 15) is 18.0 Å². The minimum atomic E-state index is -4.48. The van der Waals surface area contributed by atoms with Gasteiger partial charge < -0.3 is 5.32 Å². The molecule has 0 bridgehead atoms. The predicted octanol–water partition coefficient (Wildman–Crippen LogP) is 5.04. The second-order valence-corrected chi connectivity index (χ2v) is 8.83. The third-order valence-electron chi connectivity index (χ3n) is 6.07. The second-order valence-electron chi connectivity index (χ2n) is 8.83. The van der Waals surface area contributed by atoms with Crippen LogP contribution in [0.5, 0.6) is 0 Å². The molecule has 1 saturated carbocycles. The smallest absolute Gasteiger partial charge is 0.326 e. The van der Waals surface area contributed by atoms with E-state index in [4.69, 9.17) is 0 Å². The molecular weight excluding hydrogens is 405 g/mol. The number of carbonyl (C=O) groups is 1. The number of nitrogens with one attached hydrogen (secondary N) is 1. The number of likely N-dealkylation sites (tertiary alicyclic amines) is 1. The molecular formula is C23H29F3N4O. The Hall–Kier alpha value is -2.35. The molecule has 0 spiro atoms. The molecule has 1 N–H and O–H groups in total. The van der Waals surface area contributed by atoms with Crippen molar-refractivity contribution in [1.82, 2.24) is 14.7 Å². The maximum atomic E-state index is 13.1. The normalized spacial score (nSPS) is 18.7. The van der Waals surface area contributed by atoms with Crippen molar-refractivity contribution in [3.63, 3.8) is 0 Å². The van der Waals surface area contributed by atoms with Gasteiger partial charge >= 0.3 is 6.18 Å². The summed E-state index contributed by atoms with van der Waals surface area (Å²) in [6, 6.07) is 8.93. The summed E-state index contributed by atoms with van der Waals surface area (Å²) in [5, 5.41) is 6.62. The van der Waals surface area contributed by atoms with Crippen LogP contribution in [-0.2, 0) is 24.1 Å². The molecule has 1 atom stereocenters. The number of hydrogen-bond donors (Lipinski definition) is 1. The van der Waals surface area contributed by atoms with Gasteiger partial charge in [0.1, 0.15) is 0 Å². The maximum absolute atomic E-state index is 13.1. The first-order chi connectivity index (χ1) is 14.8. The van der Waals surface area contributed by atoms with Crippen LogP contribution >= 0.6 is 0 Å². The number of piperidine rings is 1. The van der Waals surface area contributed by atoms with Crippen molar-refractivity contribution in [2.24, 2.45) is 5.92 Å². The van der Waals surface area contributed by atoms with Gasteiger partial charge in [0.25, 0.3) is 0 Å². The Morgan fingerprint density at radius 1 is 1.16 bits per heavy atom. The van der Waals surface area contributed by atoms with Gasteiger partial charge in [-0.2, -0.15) is 18.3 Å². The Balaban J connectivity index is 1.35. The third kappa shape index (κ3) is 5.67. The summed E-state index contributed by atoms with van der Waals surface area (Å²) in [6.45, 7) is 5.01. The number of aromatic nitrogens is 2. The molecule has 4 rings (SSSR count). The first-order valence-electron chi connectivity index (χ1n) is 11.1. The third-order valence-corrected chi connectivity index (χ3v) is 6.07. The summed E-state index contributed by atoms with van der Waals surface area (Å²) in [5.74, 6) is -0.618. The van der Waals surface area contributed by atoms with E-state index in [1.54, 1.807) is 6.92 Å². The van der Waals surface area contributed by atoms with E-state index in [0.29, 0.717) is 11.4 Å². The first kappa shape index (κ1) is 21.9. The van der Waals surface area contributed by atoms with E-state index in [1.165, 1.54) is 29.5 Å². The Morgan fingerprint density at radius 3 is 2.45 bits per heavy atom. The van der Waals surface area contributed by atoms with Crippen LogP contribution in [0, 0.1) is 5.92 Å². The second kappa shape index (κ2) is 9.02. The highest BCUT2D eigenvalue weighted by molar-refractivity contribution is 5.92. The Morgan fingerprint density at radius 2 is 1.84 bits per heavy atom. The maximum Gasteiger partial charge on any atom is 0.435 e. The molecule has 1 aliphatic carbocycles. The fourth-order valence-corrected chi connectivity index (χ4v) is 4.10. The van der Waals surface area contributed by atoms with Crippen molar-refractivity contribution in [2.45, 2.75) is 64.2 Å². The zero-order valence-electron chi connectivity index (χ0n) is 17.8. The Labute approximate surface area is 180 Å². The van der Waals surface area contributed by atoms with Gasteiger partial charge in [-0.3, -0.25) is 14.4 Å². The standard InChI is InChI=1S/C23H29F3N4O/c1-16(14-30-20(18-7-8-18)13-21(28-30)23(24,25)26)22(31)27-19-9-5-17(6-10-19)15-29-11-3-2-4-12-29/h5-6,9-10,13,16,18H,2-4,7-8,11-12,14-15H2,1H3,(H,27,31). The van der Waals surface area contributed by atoms with Gasteiger partial charge in [-0.25, -0.2) is 0 Å². The molecule has 1 saturated heterocycles. The molecule has 5 nitrogen and oxygen atoms in total. The van der Waals surface area contributed by atoms with Crippen molar-refractivity contribution in [1.29, 1.82) is 0 Å². The highest BCUT2D eigenvalue weighted by atomic mass is 19.4. The first-order valence-corrected chi connectivity index (χ1v) is 11.1. The molecule has 2 fully saturated rings. The Bertz CT molecular complexity index is 897. The Kier molecular flexibility index (Phi) is 6.36. The number of hydrogen-bond acceptors (Lipinski definition) is 3. The molecule has 31 heavy (non-hydrogen) atoms. The van der Waals surface area contributed by atoms with Crippen LogP contribution < -0.4 is 5.32 Å². The molecule has 2 aromatic rings. The molecule has 1 aromatic heterocycles. The molecule has 168 valence electrons. The molecule has 2 heterocycles. The number of alkyl halides is 3. The van der Waals surface area contributed by atoms with Crippen LogP contribution in [0.25, 0.3) is 0 Å². The van der Waals surface area contributed by atoms with Crippen molar-refractivity contribution in [3.05, 3.63) is 47.3 Å². The molecule has 8 heteroatoms. The van der Waals surface area contributed by atoms with Crippen LogP contribution in [-0.4, -0.2) is 33.7 Å². The topological polar surface area (TPSA) is 50.2 Å². The summed E-state index contributed by atoms with van der Waals surface area (Å²) in [4.78, 5) is 15.1. The van der Waals surface area contributed by atoms with Gasteiger partial charge in [-0.05, 0) is 62.5 Å². The zero-order chi connectivity index (χ0) is 22.0. The van der Waals surface area contributed by atoms with Crippen LogP contribution in [0.3, 0.4) is 0 Å². The summed E-state index contributed by atoms with van der Waals surface area (Å²) in [5.41, 5.74) is 1.59. The van der Waals surface area contributed by atoms with Crippen LogP contribution in [0.4, 0.5) is 18.9 Å². The van der Waals surface area contributed by atoms with Crippen molar-refractivity contribution >= 4 is 11.6 Å². The highest BCUT2D eigenvalue weighted by Crippen LogP contribution is 2.42. The number of nitrogens with zero attached hydrogens (tertiary/aromatic N) is 3. The van der Waals surface area contributed by atoms with Crippen molar-refractivity contribution in [2.75, 3.05) is 18.4 Å². The van der Waals surface area contributed by atoms with Gasteiger partial charge in [0.15, 0.2) is 5.69 Å². The quantitative estimate of drug-likeness (QED) is 0.664. The molecule has 1 aliphatic heterocycles. The van der Waals surface area contributed by atoms with Gasteiger partial charge in [-0.1, -0.05) is 25.5 Å². The average molecular weight is 435 g/mol. The van der Waals surface area contributed by atoms with Gasteiger partial charge in [-0.15, -0.1) is 0 Å². The van der Waals surface area contributed by atoms with Crippen molar-refractivity contribution < 1.29 is 18.0 Å².